The second-order valence-corrected chi connectivity index (χ2v) is 4.34. The highest BCUT2D eigenvalue weighted by atomic mass is 16.5. The Morgan fingerprint density at radius 3 is 2.82 bits per heavy atom. The molecule has 1 N–H and O–H groups in total. The Labute approximate surface area is 101 Å². The molecule has 4 nitrogen and oxygen atoms in total. The van der Waals surface area contributed by atoms with Crippen molar-refractivity contribution < 1.29 is 14.6 Å². The third kappa shape index (κ3) is 2.97. The molecule has 0 unspecified atom stereocenters. The van der Waals surface area contributed by atoms with Crippen LogP contribution in [0.1, 0.15) is 28.8 Å². The monoisotopic (exact) mass is 234 g/mol. The fraction of sp³-hybridized carbons (Fsp3) is 0.462. The third-order valence-electron chi connectivity index (χ3n) is 3.01. The van der Waals surface area contributed by atoms with Crippen LogP contribution in [0.4, 0.5) is 0 Å². The van der Waals surface area contributed by atoms with Crippen LogP contribution < -0.4 is 10.4 Å². The van der Waals surface area contributed by atoms with E-state index in [0.717, 1.165) is 18.4 Å². The van der Waals surface area contributed by atoms with Crippen LogP contribution in [-0.2, 0) is 4.74 Å². The van der Waals surface area contributed by atoms with Gasteiger partial charge in [0.2, 0.25) is 0 Å². The molecule has 0 bridgehead atoms. The van der Waals surface area contributed by atoms with E-state index in [-0.39, 0.29) is 17.7 Å². The normalized spacial score (nSPS) is 16.8. The highest BCUT2D eigenvalue weighted by Gasteiger charge is 2.17. The van der Waals surface area contributed by atoms with Crippen molar-refractivity contribution in [3.8, 4) is 5.75 Å². The number of hydrogen-bond donors (Lipinski definition) is 1. The minimum Gasteiger partial charge on any atom is -0.872 e. The molecule has 1 aliphatic rings. The first kappa shape index (κ1) is 11.9. The molecule has 4 heteroatoms. The van der Waals surface area contributed by atoms with E-state index in [1.54, 1.807) is 6.07 Å². The zero-order valence-electron chi connectivity index (χ0n) is 9.86. The Kier molecular flexibility index (Phi) is 3.64. The van der Waals surface area contributed by atoms with Crippen LogP contribution in [-0.4, -0.2) is 25.2 Å². The first-order chi connectivity index (χ1) is 8.16. The number of amides is 1. The Morgan fingerprint density at radius 2 is 2.12 bits per heavy atom. The molecule has 2 rings (SSSR count). The fourth-order valence-electron chi connectivity index (χ4n) is 1.95. The van der Waals surface area contributed by atoms with E-state index in [0.29, 0.717) is 18.8 Å². The Bertz CT molecular complexity index is 411. The minimum absolute atomic E-state index is 0.132. The van der Waals surface area contributed by atoms with Gasteiger partial charge in [-0.2, -0.15) is 0 Å². The molecule has 0 atom stereocenters. The molecule has 0 spiro atoms. The van der Waals surface area contributed by atoms with Gasteiger partial charge in [0.1, 0.15) is 0 Å². The minimum atomic E-state index is -0.160. The average Bonchev–Trinajstić information content (AvgIpc) is 2.33. The molecule has 1 aliphatic heterocycles. The quantitative estimate of drug-likeness (QED) is 0.829. The van der Waals surface area contributed by atoms with Crippen LogP contribution in [0.5, 0.6) is 5.75 Å². The van der Waals surface area contributed by atoms with Crippen LogP contribution in [0, 0.1) is 6.92 Å². The van der Waals surface area contributed by atoms with Gasteiger partial charge in [0, 0.05) is 24.8 Å². The number of nitrogens with one attached hydrogen (secondary N) is 1. The lowest BCUT2D eigenvalue weighted by Gasteiger charge is -2.23. The number of benzene rings is 1. The van der Waals surface area contributed by atoms with Crippen LogP contribution in [0.15, 0.2) is 18.2 Å². The van der Waals surface area contributed by atoms with Crippen molar-refractivity contribution in [3.63, 3.8) is 0 Å². The number of rotatable bonds is 2. The van der Waals surface area contributed by atoms with Gasteiger partial charge in [-0.05, 0) is 25.3 Å². The van der Waals surface area contributed by atoms with Gasteiger partial charge >= 0.3 is 0 Å². The molecular formula is C13H16NO3-. The van der Waals surface area contributed by atoms with Crippen molar-refractivity contribution in [1.82, 2.24) is 5.32 Å². The maximum atomic E-state index is 12.0. The van der Waals surface area contributed by atoms with Crippen molar-refractivity contribution >= 4 is 5.91 Å². The van der Waals surface area contributed by atoms with Crippen LogP contribution in [0.25, 0.3) is 0 Å². The number of ether oxygens (including phenoxy) is 1. The largest absolute Gasteiger partial charge is 0.872 e. The van der Waals surface area contributed by atoms with Crippen molar-refractivity contribution in [3.05, 3.63) is 29.3 Å². The van der Waals surface area contributed by atoms with Crippen molar-refractivity contribution in [2.45, 2.75) is 25.8 Å². The van der Waals surface area contributed by atoms with Crippen molar-refractivity contribution in [2.75, 3.05) is 13.2 Å². The van der Waals surface area contributed by atoms with Gasteiger partial charge in [-0.1, -0.05) is 18.2 Å². The average molecular weight is 234 g/mol. The van der Waals surface area contributed by atoms with Crippen molar-refractivity contribution in [2.24, 2.45) is 0 Å². The molecule has 0 saturated carbocycles. The molecule has 0 radical (unpaired) electrons. The van der Waals surface area contributed by atoms with Gasteiger partial charge in [0.15, 0.2) is 0 Å². The molecule has 1 aromatic rings. The molecule has 92 valence electrons. The van der Waals surface area contributed by atoms with E-state index in [1.165, 1.54) is 12.1 Å². The lowest BCUT2D eigenvalue weighted by atomic mass is 10.1. The van der Waals surface area contributed by atoms with Gasteiger partial charge < -0.3 is 15.2 Å². The predicted octanol–water partition coefficient (Wildman–Crippen LogP) is 0.977. The van der Waals surface area contributed by atoms with E-state index in [2.05, 4.69) is 5.32 Å². The molecule has 1 saturated heterocycles. The molecule has 1 fully saturated rings. The maximum absolute atomic E-state index is 12.0. The number of hydrogen-bond acceptors (Lipinski definition) is 3. The van der Waals surface area contributed by atoms with E-state index >= 15 is 0 Å². The summed E-state index contributed by atoms with van der Waals surface area (Å²) >= 11 is 0. The van der Waals surface area contributed by atoms with Gasteiger partial charge in [-0.3, -0.25) is 4.79 Å². The maximum Gasteiger partial charge on any atom is 0.251 e. The lowest BCUT2D eigenvalue weighted by molar-refractivity contribution is -0.268. The molecule has 1 heterocycles. The summed E-state index contributed by atoms with van der Waals surface area (Å²) in [5.74, 6) is -0.292. The topological polar surface area (TPSA) is 61.4 Å². The van der Waals surface area contributed by atoms with E-state index in [9.17, 15) is 9.90 Å². The van der Waals surface area contributed by atoms with E-state index < -0.39 is 0 Å². The molecule has 17 heavy (non-hydrogen) atoms. The summed E-state index contributed by atoms with van der Waals surface area (Å²) in [7, 11) is 0. The molecule has 0 aliphatic carbocycles. The third-order valence-corrected chi connectivity index (χ3v) is 3.01. The smallest absolute Gasteiger partial charge is 0.251 e. The Hall–Kier alpha value is -1.55. The Balaban J connectivity index is 2.05. The van der Waals surface area contributed by atoms with Crippen LogP contribution in [0.2, 0.25) is 0 Å². The highest BCUT2D eigenvalue weighted by Crippen LogP contribution is 2.15. The molecule has 1 aromatic carbocycles. The van der Waals surface area contributed by atoms with Gasteiger partial charge in [0.25, 0.3) is 5.91 Å². The fourth-order valence-corrected chi connectivity index (χ4v) is 1.95. The Morgan fingerprint density at radius 1 is 1.41 bits per heavy atom. The lowest BCUT2D eigenvalue weighted by Crippen LogP contribution is -2.39. The highest BCUT2D eigenvalue weighted by molar-refractivity contribution is 5.96. The van der Waals surface area contributed by atoms with Gasteiger partial charge in [-0.15, -0.1) is 5.75 Å². The second-order valence-electron chi connectivity index (χ2n) is 4.34. The summed E-state index contributed by atoms with van der Waals surface area (Å²) < 4.78 is 5.23. The van der Waals surface area contributed by atoms with Crippen LogP contribution in [0.3, 0.4) is 0 Å². The zero-order chi connectivity index (χ0) is 12.3. The first-order valence-electron chi connectivity index (χ1n) is 5.83. The number of aryl methyl sites for hydroxylation is 1. The summed E-state index contributed by atoms with van der Waals surface area (Å²) in [4.78, 5) is 12.0. The second kappa shape index (κ2) is 5.19. The summed E-state index contributed by atoms with van der Waals surface area (Å²) in [6, 6.07) is 4.71. The van der Waals surface area contributed by atoms with Gasteiger partial charge in [0.05, 0.1) is 0 Å². The number of carbonyl (C=O) groups excluding carboxylic acids is 1. The number of carbonyl (C=O) groups is 1. The zero-order valence-corrected chi connectivity index (χ0v) is 9.86. The summed E-state index contributed by atoms with van der Waals surface area (Å²) in [5.41, 5.74) is 1.30. The van der Waals surface area contributed by atoms with E-state index in [4.69, 9.17) is 4.74 Å². The summed E-state index contributed by atoms with van der Waals surface area (Å²) in [6.45, 7) is 3.20. The van der Waals surface area contributed by atoms with Crippen LogP contribution >= 0.6 is 0 Å². The van der Waals surface area contributed by atoms with Gasteiger partial charge in [-0.25, -0.2) is 0 Å². The SMILES string of the molecule is Cc1ccc([O-])cc1C(=O)NC1CCOCC1. The predicted molar refractivity (Wildman–Crippen MR) is 61.9 cm³/mol. The van der Waals surface area contributed by atoms with Crippen molar-refractivity contribution in [1.29, 1.82) is 0 Å². The summed E-state index contributed by atoms with van der Waals surface area (Å²) in [5, 5.41) is 14.2. The summed E-state index contributed by atoms with van der Waals surface area (Å²) in [6.07, 6.45) is 1.67. The molecule has 1 amide bonds. The standard InChI is InChI=1S/C13H17NO3/c1-9-2-3-11(15)8-12(9)13(16)14-10-4-6-17-7-5-10/h2-3,8,10,15H,4-7H2,1H3,(H,14,16)/p-1. The first-order valence-corrected chi connectivity index (χ1v) is 5.83. The molecule has 0 aromatic heterocycles. The van der Waals surface area contributed by atoms with E-state index in [1.807, 2.05) is 6.92 Å². The molecular weight excluding hydrogens is 218 g/mol.